The Morgan fingerprint density at radius 3 is 2.15 bits per heavy atom. The average molecular weight is 450 g/mol. The van der Waals surface area contributed by atoms with E-state index >= 15 is 0 Å². The highest BCUT2D eigenvalue weighted by atomic mass is 16.5. The number of methoxy groups -OCH3 is 3. The number of nitrogens with zero attached hydrogens (tertiary/aromatic N) is 6. The third-order valence-electron chi connectivity index (χ3n) is 5.43. The van der Waals surface area contributed by atoms with Crippen LogP contribution < -0.4 is 19.1 Å². The fourth-order valence-electron chi connectivity index (χ4n) is 3.65. The van der Waals surface area contributed by atoms with Crippen molar-refractivity contribution >= 4 is 17.8 Å². The maximum atomic E-state index is 12.7. The highest BCUT2D eigenvalue weighted by Crippen LogP contribution is 2.38. The van der Waals surface area contributed by atoms with Gasteiger partial charge in [0, 0.05) is 44.6 Å². The van der Waals surface area contributed by atoms with Crippen LogP contribution in [0.1, 0.15) is 5.56 Å². The Hall–Kier alpha value is -4.08. The highest BCUT2D eigenvalue weighted by Gasteiger charge is 2.21. The number of aromatic nitrogens is 4. The number of ether oxygens (including phenoxy) is 3. The second-order valence-corrected chi connectivity index (χ2v) is 7.32. The number of carbonyl (C=O) groups excluding carboxylic acids is 1. The van der Waals surface area contributed by atoms with Gasteiger partial charge in [0.15, 0.2) is 23.1 Å². The van der Waals surface area contributed by atoms with E-state index < -0.39 is 0 Å². The van der Waals surface area contributed by atoms with Gasteiger partial charge in [-0.05, 0) is 35.9 Å². The fraction of sp³-hybridized carbons (Fsp3) is 0.304. The summed E-state index contributed by atoms with van der Waals surface area (Å²) in [7, 11) is 4.68. The highest BCUT2D eigenvalue weighted by molar-refractivity contribution is 5.92. The summed E-state index contributed by atoms with van der Waals surface area (Å²) < 4.78 is 17.9. The maximum absolute atomic E-state index is 12.7. The van der Waals surface area contributed by atoms with E-state index in [9.17, 15) is 4.79 Å². The van der Waals surface area contributed by atoms with Crippen molar-refractivity contribution < 1.29 is 19.0 Å². The van der Waals surface area contributed by atoms with Crippen molar-refractivity contribution in [3.63, 3.8) is 0 Å². The second kappa shape index (κ2) is 10.0. The second-order valence-electron chi connectivity index (χ2n) is 7.32. The van der Waals surface area contributed by atoms with E-state index in [1.54, 1.807) is 62.7 Å². The Morgan fingerprint density at radius 1 is 0.939 bits per heavy atom. The van der Waals surface area contributed by atoms with Gasteiger partial charge in [0.1, 0.15) is 6.33 Å². The van der Waals surface area contributed by atoms with Crippen LogP contribution in [0.25, 0.3) is 11.9 Å². The first kappa shape index (κ1) is 22.1. The summed E-state index contributed by atoms with van der Waals surface area (Å²) in [5.74, 6) is 3.04. The van der Waals surface area contributed by atoms with Crippen molar-refractivity contribution in [2.24, 2.45) is 0 Å². The standard InChI is InChI=1S/C23H26N6O4/c1-31-18-14-17(15-19(32-2)23(18)33-3)4-7-22(30)28-12-10-27(11-13-28)20-5-6-21(26-25-20)29-9-8-24-16-29/h4-9,14-16H,10-13H2,1-3H3/b7-4+. The van der Waals surface area contributed by atoms with Gasteiger partial charge in [-0.3, -0.25) is 9.36 Å². The van der Waals surface area contributed by atoms with Crippen molar-refractivity contribution in [1.82, 2.24) is 24.6 Å². The van der Waals surface area contributed by atoms with Crippen LogP contribution in [-0.2, 0) is 4.79 Å². The van der Waals surface area contributed by atoms with Crippen LogP contribution in [0.15, 0.2) is 49.1 Å². The smallest absolute Gasteiger partial charge is 0.246 e. The molecule has 10 heteroatoms. The minimum Gasteiger partial charge on any atom is -0.493 e. The summed E-state index contributed by atoms with van der Waals surface area (Å²) in [6, 6.07) is 7.44. The van der Waals surface area contributed by atoms with Crippen LogP contribution in [0.3, 0.4) is 0 Å². The number of amides is 1. The molecule has 1 aromatic carbocycles. The molecule has 2 aromatic heterocycles. The molecule has 1 amide bonds. The minimum atomic E-state index is -0.0510. The first-order valence-electron chi connectivity index (χ1n) is 10.5. The molecule has 4 rings (SSSR count). The molecule has 1 aliphatic rings. The van der Waals surface area contributed by atoms with Crippen LogP contribution in [0.5, 0.6) is 17.2 Å². The fourth-order valence-corrected chi connectivity index (χ4v) is 3.65. The molecule has 1 aliphatic heterocycles. The van der Waals surface area contributed by atoms with E-state index in [1.165, 1.54) is 0 Å². The Bertz CT molecular complexity index is 1080. The Balaban J connectivity index is 1.36. The number of carbonyl (C=O) groups is 1. The molecule has 0 radical (unpaired) electrons. The van der Waals surface area contributed by atoms with E-state index in [4.69, 9.17) is 14.2 Å². The molecular formula is C23H26N6O4. The van der Waals surface area contributed by atoms with E-state index in [0.717, 1.165) is 11.4 Å². The molecule has 0 bridgehead atoms. The largest absolute Gasteiger partial charge is 0.493 e. The first-order valence-corrected chi connectivity index (χ1v) is 10.5. The summed E-state index contributed by atoms with van der Waals surface area (Å²) in [4.78, 5) is 20.7. The van der Waals surface area contributed by atoms with Crippen molar-refractivity contribution in [2.75, 3.05) is 52.4 Å². The van der Waals surface area contributed by atoms with Gasteiger partial charge in [-0.15, -0.1) is 10.2 Å². The van der Waals surface area contributed by atoms with Crippen molar-refractivity contribution in [3.05, 3.63) is 54.6 Å². The van der Waals surface area contributed by atoms with Crippen LogP contribution in [0.4, 0.5) is 5.82 Å². The van der Waals surface area contributed by atoms with Gasteiger partial charge < -0.3 is 24.0 Å². The number of rotatable bonds is 7. The number of anilines is 1. The SMILES string of the molecule is COc1cc(/C=C/C(=O)N2CCN(c3ccc(-n4ccnc4)nn3)CC2)cc(OC)c1OC. The van der Waals surface area contributed by atoms with Crippen molar-refractivity contribution in [1.29, 1.82) is 0 Å². The summed E-state index contributed by atoms with van der Waals surface area (Å²) in [5.41, 5.74) is 0.782. The first-order chi connectivity index (χ1) is 16.1. The number of hydrogen-bond acceptors (Lipinski definition) is 8. The zero-order valence-electron chi connectivity index (χ0n) is 18.8. The van der Waals surface area contributed by atoms with Crippen LogP contribution >= 0.6 is 0 Å². The number of piperazine rings is 1. The summed E-state index contributed by atoms with van der Waals surface area (Å²) in [5, 5.41) is 8.59. The molecule has 0 N–H and O–H groups in total. The van der Waals surface area contributed by atoms with Crippen molar-refractivity contribution in [2.45, 2.75) is 0 Å². The van der Waals surface area contributed by atoms with E-state index in [-0.39, 0.29) is 5.91 Å². The van der Waals surface area contributed by atoms with Crippen LogP contribution in [0, 0.1) is 0 Å². The third-order valence-corrected chi connectivity index (χ3v) is 5.43. The lowest BCUT2D eigenvalue weighted by Crippen LogP contribution is -2.48. The molecule has 10 nitrogen and oxygen atoms in total. The number of hydrogen-bond donors (Lipinski definition) is 0. The normalized spacial score (nSPS) is 13.9. The maximum Gasteiger partial charge on any atom is 0.246 e. The van der Waals surface area contributed by atoms with Crippen molar-refractivity contribution in [3.8, 4) is 23.1 Å². The average Bonchev–Trinajstić information content (AvgIpc) is 3.42. The van der Waals surface area contributed by atoms with Gasteiger partial charge >= 0.3 is 0 Å². The zero-order valence-corrected chi connectivity index (χ0v) is 18.8. The Morgan fingerprint density at radius 2 is 1.61 bits per heavy atom. The quantitative estimate of drug-likeness (QED) is 0.505. The molecule has 3 heterocycles. The predicted molar refractivity (Wildman–Crippen MR) is 123 cm³/mol. The molecule has 0 unspecified atom stereocenters. The van der Waals surface area contributed by atoms with Gasteiger partial charge in [-0.25, -0.2) is 4.98 Å². The molecule has 33 heavy (non-hydrogen) atoms. The molecular weight excluding hydrogens is 424 g/mol. The molecule has 0 saturated carbocycles. The molecule has 172 valence electrons. The third kappa shape index (κ3) is 4.89. The Kier molecular flexibility index (Phi) is 6.72. The van der Waals surface area contributed by atoms with E-state index in [2.05, 4.69) is 20.1 Å². The van der Waals surface area contributed by atoms with E-state index in [1.807, 2.05) is 23.2 Å². The van der Waals surface area contributed by atoms with Crippen LogP contribution in [0.2, 0.25) is 0 Å². The van der Waals surface area contributed by atoms with E-state index in [0.29, 0.717) is 49.2 Å². The van der Waals surface area contributed by atoms with Gasteiger partial charge in [-0.1, -0.05) is 0 Å². The van der Waals surface area contributed by atoms with Gasteiger partial charge in [0.25, 0.3) is 0 Å². The molecule has 0 aliphatic carbocycles. The summed E-state index contributed by atoms with van der Waals surface area (Å²) in [6.07, 6.45) is 8.51. The summed E-state index contributed by atoms with van der Waals surface area (Å²) >= 11 is 0. The number of imidazole rings is 1. The molecule has 1 fully saturated rings. The monoisotopic (exact) mass is 450 g/mol. The molecule has 0 atom stereocenters. The molecule has 1 saturated heterocycles. The molecule has 0 spiro atoms. The lowest BCUT2D eigenvalue weighted by molar-refractivity contribution is -0.126. The van der Waals surface area contributed by atoms with Gasteiger partial charge in [0.05, 0.1) is 21.3 Å². The minimum absolute atomic E-state index is 0.0510. The predicted octanol–water partition coefficient (Wildman–Crippen LogP) is 2.05. The number of benzene rings is 1. The zero-order chi connectivity index (χ0) is 23.2. The molecule has 3 aromatic rings. The topological polar surface area (TPSA) is 94.8 Å². The lowest BCUT2D eigenvalue weighted by atomic mass is 10.1. The van der Waals surface area contributed by atoms with Gasteiger partial charge in [0.2, 0.25) is 11.7 Å². The van der Waals surface area contributed by atoms with Crippen LogP contribution in [-0.4, -0.2) is 78.1 Å². The summed E-state index contributed by atoms with van der Waals surface area (Å²) in [6.45, 7) is 2.57. The van der Waals surface area contributed by atoms with Gasteiger partial charge in [-0.2, -0.15) is 0 Å². The Labute approximate surface area is 192 Å². The lowest BCUT2D eigenvalue weighted by Gasteiger charge is -2.34.